The number of benzene rings is 1. The van der Waals surface area contributed by atoms with E-state index in [-0.39, 0.29) is 0 Å². The molecule has 1 N–H and O–H groups in total. The summed E-state index contributed by atoms with van der Waals surface area (Å²) in [5, 5.41) is 18.1. The summed E-state index contributed by atoms with van der Waals surface area (Å²) in [7, 11) is 3.92. The minimum atomic E-state index is 0.551. The standard InChI is InChI=1S/C21H28N6O/c1-14-19-15(2)27(25-20(19)21(24-23-14)26(3)4)17-9-5-6-10-18(17)28-13-16-8-7-11-22-12-16/h5-6,9-10,16,22H,7-8,11-13H2,1-4H3. The fourth-order valence-electron chi connectivity index (χ4n) is 3.88. The molecule has 0 radical (unpaired) electrons. The van der Waals surface area contributed by atoms with E-state index in [2.05, 4.69) is 28.5 Å². The van der Waals surface area contributed by atoms with E-state index in [0.29, 0.717) is 5.92 Å². The maximum absolute atomic E-state index is 6.25. The van der Waals surface area contributed by atoms with Crippen molar-refractivity contribution < 1.29 is 4.74 Å². The number of nitrogens with zero attached hydrogens (tertiary/aromatic N) is 5. The van der Waals surface area contributed by atoms with Crippen molar-refractivity contribution in [2.45, 2.75) is 26.7 Å². The molecule has 1 aliphatic rings. The van der Waals surface area contributed by atoms with Crippen molar-refractivity contribution in [3.8, 4) is 11.4 Å². The molecule has 1 aromatic carbocycles. The second kappa shape index (κ2) is 7.75. The highest BCUT2D eigenvalue weighted by Gasteiger charge is 2.20. The highest BCUT2D eigenvalue weighted by Crippen LogP contribution is 2.31. The van der Waals surface area contributed by atoms with E-state index >= 15 is 0 Å². The van der Waals surface area contributed by atoms with Gasteiger partial charge in [0.2, 0.25) is 0 Å². The number of hydrogen-bond acceptors (Lipinski definition) is 6. The van der Waals surface area contributed by atoms with Crippen LogP contribution in [0.15, 0.2) is 24.3 Å². The molecule has 1 saturated heterocycles. The van der Waals surface area contributed by atoms with Crippen LogP contribution in [0.5, 0.6) is 5.75 Å². The second-order valence-electron chi connectivity index (χ2n) is 7.72. The number of aromatic nitrogens is 4. The molecule has 1 atom stereocenters. The van der Waals surface area contributed by atoms with Crippen LogP contribution in [-0.4, -0.2) is 53.8 Å². The lowest BCUT2D eigenvalue weighted by atomic mass is 10.0. The molecule has 1 unspecified atom stereocenters. The maximum Gasteiger partial charge on any atom is 0.179 e. The molecule has 7 heteroatoms. The smallest absolute Gasteiger partial charge is 0.179 e. The summed E-state index contributed by atoms with van der Waals surface area (Å²) >= 11 is 0. The van der Waals surface area contributed by atoms with Gasteiger partial charge in [-0.25, -0.2) is 4.68 Å². The number of rotatable bonds is 5. The number of ether oxygens (including phenoxy) is 1. The van der Waals surface area contributed by atoms with Crippen LogP contribution in [-0.2, 0) is 0 Å². The summed E-state index contributed by atoms with van der Waals surface area (Å²) in [6, 6.07) is 8.11. The zero-order chi connectivity index (χ0) is 19.7. The molecule has 4 rings (SSSR count). The minimum Gasteiger partial charge on any atom is -0.491 e. The number of fused-ring (bicyclic) bond motifs is 1. The molecule has 1 fully saturated rings. The van der Waals surface area contributed by atoms with Crippen molar-refractivity contribution in [3.05, 3.63) is 35.7 Å². The van der Waals surface area contributed by atoms with Crippen LogP contribution in [0.25, 0.3) is 16.6 Å². The monoisotopic (exact) mass is 380 g/mol. The van der Waals surface area contributed by atoms with E-state index in [1.54, 1.807) is 0 Å². The average Bonchev–Trinajstić information content (AvgIpc) is 3.05. The normalized spacial score (nSPS) is 17.1. The molecule has 0 bridgehead atoms. The number of nitrogens with one attached hydrogen (secondary N) is 1. The Bertz CT molecular complexity index is 974. The molecular weight excluding hydrogens is 352 g/mol. The number of piperidine rings is 1. The van der Waals surface area contributed by atoms with Crippen LogP contribution in [0.3, 0.4) is 0 Å². The van der Waals surface area contributed by atoms with Gasteiger partial charge >= 0.3 is 0 Å². The van der Waals surface area contributed by atoms with Crippen molar-refractivity contribution in [1.29, 1.82) is 0 Å². The molecule has 0 aliphatic carbocycles. The van der Waals surface area contributed by atoms with E-state index in [1.807, 2.05) is 48.8 Å². The van der Waals surface area contributed by atoms with Crippen LogP contribution in [0.2, 0.25) is 0 Å². The lowest BCUT2D eigenvalue weighted by molar-refractivity contribution is 0.218. The number of aryl methyl sites for hydroxylation is 2. The lowest BCUT2D eigenvalue weighted by Gasteiger charge is -2.23. The van der Waals surface area contributed by atoms with Crippen LogP contribution >= 0.6 is 0 Å². The Morgan fingerprint density at radius 3 is 2.79 bits per heavy atom. The third kappa shape index (κ3) is 3.42. The van der Waals surface area contributed by atoms with Gasteiger partial charge in [0.15, 0.2) is 5.82 Å². The van der Waals surface area contributed by atoms with Crippen LogP contribution in [0.1, 0.15) is 24.2 Å². The highest BCUT2D eigenvalue weighted by atomic mass is 16.5. The molecule has 148 valence electrons. The Labute approximate surface area is 165 Å². The third-order valence-corrected chi connectivity index (χ3v) is 5.38. The van der Waals surface area contributed by atoms with Crippen LogP contribution in [0.4, 0.5) is 5.82 Å². The Kier molecular flexibility index (Phi) is 5.17. The summed E-state index contributed by atoms with van der Waals surface area (Å²) in [5.74, 6) is 2.18. The molecular formula is C21H28N6O. The number of anilines is 1. The van der Waals surface area contributed by atoms with Crippen molar-refractivity contribution in [2.75, 3.05) is 38.7 Å². The Hall–Kier alpha value is -2.67. The van der Waals surface area contributed by atoms with E-state index in [1.165, 1.54) is 12.8 Å². The van der Waals surface area contributed by atoms with Gasteiger partial charge in [-0.1, -0.05) is 12.1 Å². The maximum atomic E-state index is 6.25. The SMILES string of the molecule is Cc1nnc(N(C)C)c2nn(-c3ccccc3OCC3CCCNC3)c(C)c12. The molecule has 3 aromatic rings. The predicted octanol–water partition coefficient (Wildman–Crippen LogP) is 2.88. The molecule has 0 spiro atoms. The second-order valence-corrected chi connectivity index (χ2v) is 7.72. The fraction of sp³-hybridized carbons (Fsp3) is 0.476. The van der Waals surface area contributed by atoms with Crippen molar-refractivity contribution >= 4 is 16.7 Å². The first-order valence-electron chi connectivity index (χ1n) is 9.89. The van der Waals surface area contributed by atoms with Gasteiger partial charge < -0.3 is 15.0 Å². The fourth-order valence-corrected chi connectivity index (χ4v) is 3.88. The molecule has 7 nitrogen and oxygen atoms in total. The van der Waals surface area contributed by atoms with E-state index < -0.39 is 0 Å². The van der Waals surface area contributed by atoms with E-state index in [4.69, 9.17) is 9.84 Å². The summed E-state index contributed by atoms with van der Waals surface area (Å²) in [6.07, 6.45) is 2.43. The van der Waals surface area contributed by atoms with Crippen LogP contribution < -0.4 is 15.0 Å². The first kappa shape index (κ1) is 18.7. The van der Waals surface area contributed by atoms with Gasteiger partial charge in [0.05, 0.1) is 23.4 Å². The summed E-state index contributed by atoms with van der Waals surface area (Å²) in [4.78, 5) is 1.95. The average molecular weight is 380 g/mol. The van der Waals surface area contributed by atoms with Gasteiger partial charge in [-0.3, -0.25) is 0 Å². The van der Waals surface area contributed by atoms with Gasteiger partial charge in [0, 0.05) is 26.6 Å². The predicted molar refractivity (Wildman–Crippen MR) is 112 cm³/mol. The quantitative estimate of drug-likeness (QED) is 0.734. The molecule has 28 heavy (non-hydrogen) atoms. The van der Waals surface area contributed by atoms with E-state index in [0.717, 1.165) is 59.2 Å². The first-order chi connectivity index (χ1) is 13.6. The Morgan fingerprint density at radius 2 is 2.04 bits per heavy atom. The van der Waals surface area contributed by atoms with Gasteiger partial charge in [-0.2, -0.15) is 10.2 Å². The third-order valence-electron chi connectivity index (χ3n) is 5.38. The minimum absolute atomic E-state index is 0.551. The topological polar surface area (TPSA) is 68.1 Å². The lowest BCUT2D eigenvalue weighted by Crippen LogP contribution is -2.33. The molecule has 0 saturated carbocycles. The zero-order valence-corrected chi connectivity index (χ0v) is 17.1. The van der Waals surface area contributed by atoms with Crippen LogP contribution in [0, 0.1) is 19.8 Å². The van der Waals surface area contributed by atoms with Crippen molar-refractivity contribution in [1.82, 2.24) is 25.3 Å². The molecule has 0 amide bonds. The zero-order valence-electron chi connectivity index (χ0n) is 17.1. The molecule has 3 heterocycles. The molecule has 2 aromatic heterocycles. The summed E-state index contributed by atoms with van der Waals surface area (Å²) in [6.45, 7) is 6.91. The van der Waals surface area contributed by atoms with Crippen molar-refractivity contribution in [3.63, 3.8) is 0 Å². The van der Waals surface area contributed by atoms with E-state index in [9.17, 15) is 0 Å². The molecule has 1 aliphatic heterocycles. The Balaban J connectivity index is 1.73. The van der Waals surface area contributed by atoms with Gasteiger partial charge in [0.1, 0.15) is 17.0 Å². The number of hydrogen-bond donors (Lipinski definition) is 1. The van der Waals surface area contributed by atoms with Gasteiger partial charge in [-0.15, -0.1) is 5.10 Å². The van der Waals surface area contributed by atoms with Crippen molar-refractivity contribution in [2.24, 2.45) is 5.92 Å². The van der Waals surface area contributed by atoms with Gasteiger partial charge in [0.25, 0.3) is 0 Å². The summed E-state index contributed by atoms with van der Waals surface area (Å²) < 4.78 is 8.21. The highest BCUT2D eigenvalue weighted by molar-refractivity contribution is 5.92. The summed E-state index contributed by atoms with van der Waals surface area (Å²) in [5.41, 5.74) is 3.74. The largest absolute Gasteiger partial charge is 0.491 e. The first-order valence-corrected chi connectivity index (χ1v) is 9.89. The van der Waals surface area contributed by atoms with Gasteiger partial charge in [-0.05, 0) is 45.4 Å². The Morgan fingerprint density at radius 1 is 1.21 bits per heavy atom. The number of para-hydroxylation sites is 2.